The topological polar surface area (TPSA) is 32.3 Å². The van der Waals surface area contributed by atoms with Gasteiger partial charge >= 0.3 is 6.03 Å². The monoisotopic (exact) mass is 374 g/mol. The van der Waals surface area contributed by atoms with Crippen LogP contribution in [0.1, 0.15) is 41.8 Å². The minimum Gasteiger partial charge on any atom is -0.308 e. The van der Waals surface area contributed by atoms with Crippen LogP contribution in [0.5, 0.6) is 0 Å². The van der Waals surface area contributed by atoms with Crippen LogP contribution in [0, 0.1) is 6.92 Å². The minimum atomic E-state index is -0.0807. The highest BCUT2D eigenvalue weighted by molar-refractivity contribution is 7.99. The van der Waals surface area contributed by atoms with Crippen LogP contribution in [-0.2, 0) is 0 Å². The van der Waals surface area contributed by atoms with Crippen molar-refractivity contribution in [2.24, 2.45) is 0 Å². The number of carbonyl (C=O) groups is 1. The highest BCUT2D eigenvalue weighted by atomic mass is 35.5. The van der Waals surface area contributed by atoms with E-state index in [2.05, 4.69) is 43.4 Å². The van der Waals surface area contributed by atoms with E-state index in [4.69, 9.17) is 11.6 Å². The number of thioether (sulfide) groups is 1. The Morgan fingerprint density at radius 1 is 1.24 bits per heavy atom. The second-order valence-corrected chi connectivity index (χ2v) is 8.23. The first-order valence-electron chi connectivity index (χ1n) is 8.51. The van der Waals surface area contributed by atoms with Gasteiger partial charge in [0.2, 0.25) is 0 Å². The number of nitrogens with one attached hydrogen (secondary N) is 1. The molecule has 1 atom stereocenters. The summed E-state index contributed by atoms with van der Waals surface area (Å²) in [4.78, 5) is 14.6. The molecule has 25 heavy (non-hydrogen) atoms. The molecule has 1 heterocycles. The third-order valence-electron chi connectivity index (χ3n) is 4.46. The summed E-state index contributed by atoms with van der Waals surface area (Å²) < 4.78 is 0. The molecule has 2 aromatic carbocycles. The van der Waals surface area contributed by atoms with Crippen molar-refractivity contribution in [3.63, 3.8) is 0 Å². The van der Waals surface area contributed by atoms with Crippen molar-refractivity contribution in [3.05, 3.63) is 64.2 Å². The SMILES string of the molecule is Cc1ccc(NC(=O)N2CCSC2c2ccc(C(C)C)cc2)cc1Cl. The van der Waals surface area contributed by atoms with Gasteiger partial charge in [-0.15, -0.1) is 11.8 Å². The van der Waals surface area contributed by atoms with E-state index < -0.39 is 0 Å². The third-order valence-corrected chi connectivity index (χ3v) is 6.13. The zero-order chi connectivity index (χ0) is 18.0. The zero-order valence-corrected chi connectivity index (χ0v) is 16.3. The molecule has 0 spiro atoms. The first-order valence-corrected chi connectivity index (χ1v) is 9.93. The predicted molar refractivity (Wildman–Crippen MR) is 108 cm³/mol. The number of benzene rings is 2. The molecule has 2 aromatic rings. The standard InChI is InChI=1S/C20H23ClN2OS/c1-13(2)15-5-7-16(8-6-15)19-23(10-11-25-19)20(24)22-17-9-4-14(3)18(21)12-17/h4-9,12-13,19H,10-11H2,1-3H3,(H,22,24). The number of hydrogen-bond acceptors (Lipinski definition) is 2. The van der Waals surface area contributed by atoms with Crippen LogP contribution in [0.2, 0.25) is 5.02 Å². The van der Waals surface area contributed by atoms with E-state index in [-0.39, 0.29) is 11.4 Å². The van der Waals surface area contributed by atoms with E-state index in [0.717, 1.165) is 23.5 Å². The summed E-state index contributed by atoms with van der Waals surface area (Å²) in [6.07, 6.45) is 0. The molecule has 1 N–H and O–H groups in total. The summed E-state index contributed by atoms with van der Waals surface area (Å²) in [5, 5.41) is 3.69. The van der Waals surface area contributed by atoms with E-state index in [1.54, 1.807) is 17.8 Å². The van der Waals surface area contributed by atoms with Crippen molar-refractivity contribution in [1.82, 2.24) is 4.90 Å². The predicted octanol–water partition coefficient (Wildman–Crippen LogP) is 6.05. The maximum Gasteiger partial charge on any atom is 0.323 e. The fourth-order valence-electron chi connectivity index (χ4n) is 2.87. The molecule has 1 aliphatic rings. The molecule has 0 bridgehead atoms. The number of carbonyl (C=O) groups excluding carboxylic acids is 1. The summed E-state index contributed by atoms with van der Waals surface area (Å²) in [7, 11) is 0. The maximum absolute atomic E-state index is 12.7. The van der Waals surface area contributed by atoms with Crippen molar-refractivity contribution < 1.29 is 4.79 Å². The Balaban J connectivity index is 1.74. The van der Waals surface area contributed by atoms with Gasteiger partial charge in [0.1, 0.15) is 5.37 Å². The van der Waals surface area contributed by atoms with Crippen LogP contribution in [0.25, 0.3) is 0 Å². The number of hydrogen-bond donors (Lipinski definition) is 1. The number of rotatable bonds is 3. The van der Waals surface area contributed by atoms with Crippen molar-refractivity contribution >= 4 is 35.1 Å². The Kier molecular flexibility index (Phi) is 5.60. The lowest BCUT2D eigenvalue weighted by Crippen LogP contribution is -2.34. The second-order valence-electron chi connectivity index (χ2n) is 6.63. The van der Waals surface area contributed by atoms with E-state index in [9.17, 15) is 4.79 Å². The Labute approximate surface area is 158 Å². The number of anilines is 1. The van der Waals surface area contributed by atoms with Crippen LogP contribution in [0.3, 0.4) is 0 Å². The van der Waals surface area contributed by atoms with Crippen LogP contribution in [0.4, 0.5) is 10.5 Å². The Morgan fingerprint density at radius 2 is 1.96 bits per heavy atom. The van der Waals surface area contributed by atoms with Gasteiger partial charge in [-0.1, -0.05) is 55.8 Å². The van der Waals surface area contributed by atoms with Crippen LogP contribution in [-0.4, -0.2) is 23.2 Å². The Morgan fingerprint density at radius 3 is 2.60 bits per heavy atom. The first-order chi connectivity index (χ1) is 12.0. The molecular weight excluding hydrogens is 352 g/mol. The van der Waals surface area contributed by atoms with Gasteiger partial charge in [0.25, 0.3) is 0 Å². The number of nitrogens with zero attached hydrogens (tertiary/aromatic N) is 1. The fourth-order valence-corrected chi connectivity index (χ4v) is 4.30. The van der Waals surface area contributed by atoms with Gasteiger partial charge in [-0.05, 0) is 41.7 Å². The van der Waals surface area contributed by atoms with Gasteiger partial charge < -0.3 is 10.2 Å². The van der Waals surface area contributed by atoms with Gasteiger partial charge in [0.05, 0.1) is 0 Å². The minimum absolute atomic E-state index is 0.0575. The molecule has 0 aromatic heterocycles. The maximum atomic E-state index is 12.7. The van der Waals surface area contributed by atoms with Crippen molar-refractivity contribution in [1.29, 1.82) is 0 Å². The van der Waals surface area contributed by atoms with E-state index in [1.165, 1.54) is 11.1 Å². The van der Waals surface area contributed by atoms with Gasteiger partial charge in [0.15, 0.2) is 0 Å². The van der Waals surface area contributed by atoms with Crippen LogP contribution >= 0.6 is 23.4 Å². The molecule has 5 heteroatoms. The summed E-state index contributed by atoms with van der Waals surface area (Å²) in [5.74, 6) is 1.45. The number of aryl methyl sites for hydroxylation is 1. The molecule has 1 saturated heterocycles. The molecule has 2 amide bonds. The average molecular weight is 375 g/mol. The Bertz CT molecular complexity index is 761. The summed E-state index contributed by atoms with van der Waals surface area (Å²) in [6, 6.07) is 14.1. The number of halogens is 1. The molecular formula is C20H23ClN2OS. The van der Waals surface area contributed by atoms with E-state index in [0.29, 0.717) is 10.9 Å². The summed E-state index contributed by atoms with van der Waals surface area (Å²) >= 11 is 7.95. The number of amides is 2. The Hall–Kier alpha value is -1.65. The second kappa shape index (κ2) is 7.71. The molecule has 0 radical (unpaired) electrons. The lowest BCUT2D eigenvalue weighted by Gasteiger charge is -2.25. The van der Waals surface area contributed by atoms with Crippen molar-refractivity contribution in [2.45, 2.75) is 32.1 Å². The summed E-state index contributed by atoms with van der Waals surface area (Å²) in [5.41, 5.74) is 4.21. The molecule has 1 aliphatic heterocycles. The van der Waals surface area contributed by atoms with Gasteiger partial charge in [-0.2, -0.15) is 0 Å². The van der Waals surface area contributed by atoms with Gasteiger partial charge in [-0.3, -0.25) is 0 Å². The summed E-state index contributed by atoms with van der Waals surface area (Å²) in [6.45, 7) is 7.06. The van der Waals surface area contributed by atoms with Crippen molar-refractivity contribution in [3.8, 4) is 0 Å². The highest BCUT2D eigenvalue weighted by Crippen LogP contribution is 2.38. The highest BCUT2D eigenvalue weighted by Gasteiger charge is 2.30. The molecule has 3 rings (SSSR count). The smallest absolute Gasteiger partial charge is 0.308 e. The zero-order valence-electron chi connectivity index (χ0n) is 14.8. The van der Waals surface area contributed by atoms with Crippen LogP contribution in [0.15, 0.2) is 42.5 Å². The largest absolute Gasteiger partial charge is 0.323 e. The van der Waals surface area contributed by atoms with Gasteiger partial charge in [-0.25, -0.2) is 4.79 Å². The molecule has 0 saturated carbocycles. The van der Waals surface area contributed by atoms with Gasteiger partial charge in [0, 0.05) is 23.0 Å². The molecule has 1 unspecified atom stereocenters. The van der Waals surface area contributed by atoms with Crippen LogP contribution < -0.4 is 5.32 Å². The van der Waals surface area contributed by atoms with E-state index in [1.807, 2.05) is 24.0 Å². The lowest BCUT2D eigenvalue weighted by molar-refractivity contribution is 0.214. The molecule has 1 fully saturated rings. The van der Waals surface area contributed by atoms with E-state index >= 15 is 0 Å². The average Bonchev–Trinajstić information content (AvgIpc) is 3.08. The third kappa shape index (κ3) is 4.13. The normalized spacial score (nSPS) is 17.2. The first kappa shape index (κ1) is 18.2. The fraction of sp³-hybridized carbons (Fsp3) is 0.350. The molecule has 132 valence electrons. The number of urea groups is 1. The molecule has 0 aliphatic carbocycles. The lowest BCUT2D eigenvalue weighted by atomic mass is 10.0. The van der Waals surface area contributed by atoms with Crippen molar-refractivity contribution in [2.75, 3.05) is 17.6 Å². The quantitative estimate of drug-likeness (QED) is 0.709. The molecule has 3 nitrogen and oxygen atoms in total.